The van der Waals surface area contributed by atoms with E-state index in [-0.39, 0.29) is 18.1 Å². The van der Waals surface area contributed by atoms with Gasteiger partial charge in [0.1, 0.15) is 5.82 Å². The number of ether oxygens (including phenoxy) is 1. The minimum Gasteiger partial charge on any atom is -0.461 e. The molecule has 5 nitrogen and oxygen atoms in total. The van der Waals surface area contributed by atoms with E-state index in [2.05, 4.69) is 9.72 Å². The summed E-state index contributed by atoms with van der Waals surface area (Å²) in [6.45, 7) is 1.66. The van der Waals surface area contributed by atoms with Crippen LogP contribution >= 0.6 is 0 Å². The van der Waals surface area contributed by atoms with Crippen LogP contribution in [0.4, 0.5) is 19.0 Å². The number of hydrogen-bond donors (Lipinski definition) is 1. The van der Waals surface area contributed by atoms with Gasteiger partial charge in [-0.05, 0) is 19.1 Å². The Morgan fingerprint density at radius 1 is 1.53 bits per heavy atom. The van der Waals surface area contributed by atoms with E-state index in [1.54, 1.807) is 6.92 Å². The van der Waals surface area contributed by atoms with Crippen LogP contribution in [-0.4, -0.2) is 22.0 Å². The van der Waals surface area contributed by atoms with Crippen LogP contribution in [0.1, 0.15) is 23.0 Å². The molecule has 0 aliphatic carbocycles. The zero-order valence-electron chi connectivity index (χ0n) is 9.86. The fourth-order valence-electron chi connectivity index (χ4n) is 1.66. The summed E-state index contributed by atoms with van der Waals surface area (Å²) in [5, 5.41) is 0. The Bertz CT molecular complexity index is 634. The molecular formula is C11H10F3N3O2. The molecule has 0 bridgehead atoms. The Morgan fingerprint density at radius 3 is 2.79 bits per heavy atom. The van der Waals surface area contributed by atoms with Gasteiger partial charge in [-0.15, -0.1) is 0 Å². The molecule has 0 aliphatic heterocycles. The highest BCUT2D eigenvalue weighted by Crippen LogP contribution is 2.33. The van der Waals surface area contributed by atoms with Crippen LogP contribution in [0.2, 0.25) is 0 Å². The third-order valence-corrected chi connectivity index (χ3v) is 2.46. The molecule has 2 rings (SSSR count). The normalized spacial score (nSPS) is 11.8. The Balaban J connectivity index is 2.66. The number of fused-ring (bicyclic) bond motifs is 1. The van der Waals surface area contributed by atoms with E-state index in [0.29, 0.717) is 0 Å². The van der Waals surface area contributed by atoms with Crippen LogP contribution < -0.4 is 5.73 Å². The summed E-state index contributed by atoms with van der Waals surface area (Å²) >= 11 is 0. The number of imidazole rings is 1. The summed E-state index contributed by atoms with van der Waals surface area (Å²) in [7, 11) is 0. The molecule has 102 valence electrons. The molecule has 2 aromatic rings. The highest BCUT2D eigenvalue weighted by molar-refractivity contribution is 5.93. The van der Waals surface area contributed by atoms with E-state index in [1.807, 2.05) is 0 Å². The van der Waals surface area contributed by atoms with Gasteiger partial charge in [0, 0.05) is 6.20 Å². The molecule has 0 unspecified atom stereocenters. The standard InChI is InChI=1S/C11H10F3N3O2/c1-2-19-10(18)7-8(15)17-5-3-4-6(9(17)16-7)11(12,13)14/h3-5H,2,15H2,1H3. The minimum atomic E-state index is -4.58. The second kappa shape index (κ2) is 4.45. The van der Waals surface area contributed by atoms with Crippen LogP contribution in [0.5, 0.6) is 0 Å². The van der Waals surface area contributed by atoms with E-state index in [9.17, 15) is 18.0 Å². The fourth-order valence-corrected chi connectivity index (χ4v) is 1.66. The van der Waals surface area contributed by atoms with Gasteiger partial charge in [0.05, 0.1) is 12.2 Å². The number of rotatable bonds is 2. The average Bonchev–Trinajstić information content (AvgIpc) is 2.66. The number of nitrogen functional groups attached to an aromatic ring is 1. The Kier molecular flexibility index (Phi) is 3.09. The molecule has 0 saturated heterocycles. The predicted molar refractivity (Wildman–Crippen MR) is 60.6 cm³/mol. The summed E-state index contributed by atoms with van der Waals surface area (Å²) in [5.74, 6) is -1.03. The molecule has 0 saturated carbocycles. The minimum absolute atomic E-state index is 0.0816. The molecule has 0 radical (unpaired) electrons. The molecule has 0 atom stereocenters. The summed E-state index contributed by atoms with van der Waals surface area (Å²) in [5.41, 5.74) is 3.91. The quantitative estimate of drug-likeness (QED) is 0.851. The van der Waals surface area contributed by atoms with Crippen molar-refractivity contribution < 1.29 is 22.7 Å². The number of carbonyl (C=O) groups excluding carboxylic acids is 1. The molecule has 0 spiro atoms. The molecule has 19 heavy (non-hydrogen) atoms. The zero-order chi connectivity index (χ0) is 14.2. The first-order valence-electron chi connectivity index (χ1n) is 5.37. The van der Waals surface area contributed by atoms with Crippen molar-refractivity contribution in [3.05, 3.63) is 29.6 Å². The largest absolute Gasteiger partial charge is 0.461 e. The smallest absolute Gasteiger partial charge is 0.419 e. The van der Waals surface area contributed by atoms with Gasteiger partial charge in [-0.2, -0.15) is 13.2 Å². The maximum atomic E-state index is 12.8. The number of nitrogens with zero attached hydrogens (tertiary/aromatic N) is 2. The van der Waals surface area contributed by atoms with Crippen LogP contribution in [0.3, 0.4) is 0 Å². The van der Waals surface area contributed by atoms with Crippen molar-refractivity contribution in [3.8, 4) is 0 Å². The maximum Gasteiger partial charge on any atom is 0.419 e. The van der Waals surface area contributed by atoms with Crippen LogP contribution in [-0.2, 0) is 10.9 Å². The first kappa shape index (κ1) is 13.2. The number of anilines is 1. The first-order chi connectivity index (χ1) is 8.86. The zero-order valence-corrected chi connectivity index (χ0v) is 9.86. The molecular weight excluding hydrogens is 263 g/mol. The van der Waals surface area contributed by atoms with Crippen LogP contribution in [0, 0.1) is 0 Å². The number of alkyl halides is 3. The van der Waals surface area contributed by atoms with E-state index in [0.717, 1.165) is 10.5 Å². The summed E-state index contributed by atoms with van der Waals surface area (Å²) < 4.78 is 44.1. The van der Waals surface area contributed by atoms with Crippen LogP contribution in [0.15, 0.2) is 18.3 Å². The molecule has 2 N–H and O–H groups in total. The third-order valence-electron chi connectivity index (χ3n) is 2.46. The van der Waals surface area contributed by atoms with Gasteiger partial charge in [0.15, 0.2) is 11.3 Å². The van der Waals surface area contributed by atoms with Crippen LogP contribution in [0.25, 0.3) is 5.65 Å². The Labute approximate surface area is 105 Å². The van der Waals surface area contributed by atoms with Gasteiger partial charge in [-0.1, -0.05) is 0 Å². The number of hydrogen-bond acceptors (Lipinski definition) is 4. The number of nitrogens with two attached hydrogens (primary N) is 1. The Hall–Kier alpha value is -2.25. The van der Waals surface area contributed by atoms with E-state index in [1.165, 1.54) is 12.3 Å². The van der Waals surface area contributed by atoms with E-state index in [4.69, 9.17) is 5.73 Å². The van der Waals surface area contributed by atoms with Crippen molar-refractivity contribution in [1.29, 1.82) is 0 Å². The van der Waals surface area contributed by atoms with Gasteiger partial charge in [0.25, 0.3) is 0 Å². The number of esters is 1. The van der Waals surface area contributed by atoms with Gasteiger partial charge in [-0.25, -0.2) is 9.78 Å². The van der Waals surface area contributed by atoms with Gasteiger partial charge >= 0.3 is 12.1 Å². The van der Waals surface area contributed by atoms with E-state index < -0.39 is 23.4 Å². The monoisotopic (exact) mass is 273 g/mol. The van der Waals surface area contributed by atoms with Crippen molar-refractivity contribution in [2.24, 2.45) is 0 Å². The lowest BCUT2D eigenvalue weighted by Gasteiger charge is -2.07. The summed E-state index contributed by atoms with van der Waals surface area (Å²) in [6, 6.07) is 2.06. The molecule has 2 heterocycles. The molecule has 2 aromatic heterocycles. The van der Waals surface area contributed by atoms with Crippen molar-refractivity contribution in [3.63, 3.8) is 0 Å². The van der Waals surface area contributed by atoms with Crippen molar-refractivity contribution in [2.45, 2.75) is 13.1 Å². The fraction of sp³-hybridized carbons (Fsp3) is 0.273. The second-order valence-corrected chi connectivity index (χ2v) is 3.68. The number of carbonyl (C=O) groups is 1. The predicted octanol–water partition coefficient (Wildman–Crippen LogP) is 2.11. The topological polar surface area (TPSA) is 69.6 Å². The molecule has 8 heteroatoms. The molecule has 0 aliphatic rings. The molecule has 0 aromatic carbocycles. The lowest BCUT2D eigenvalue weighted by Crippen LogP contribution is -2.08. The second-order valence-electron chi connectivity index (χ2n) is 3.68. The Morgan fingerprint density at radius 2 is 2.21 bits per heavy atom. The first-order valence-corrected chi connectivity index (χ1v) is 5.37. The van der Waals surface area contributed by atoms with E-state index >= 15 is 0 Å². The van der Waals surface area contributed by atoms with Crippen molar-refractivity contribution >= 4 is 17.4 Å². The average molecular weight is 273 g/mol. The molecule has 0 amide bonds. The maximum absolute atomic E-state index is 12.8. The summed E-state index contributed by atoms with van der Waals surface area (Å²) in [6.07, 6.45) is -3.28. The van der Waals surface area contributed by atoms with Gasteiger partial charge in [-0.3, -0.25) is 4.40 Å². The lowest BCUT2D eigenvalue weighted by molar-refractivity contribution is -0.136. The lowest BCUT2D eigenvalue weighted by atomic mass is 10.2. The third kappa shape index (κ3) is 2.20. The van der Waals surface area contributed by atoms with Gasteiger partial charge < -0.3 is 10.5 Å². The number of pyridine rings is 1. The number of aromatic nitrogens is 2. The molecule has 0 fully saturated rings. The van der Waals surface area contributed by atoms with Crippen molar-refractivity contribution in [2.75, 3.05) is 12.3 Å². The summed E-state index contributed by atoms with van der Waals surface area (Å²) in [4.78, 5) is 15.2. The van der Waals surface area contributed by atoms with Gasteiger partial charge in [0.2, 0.25) is 0 Å². The van der Waals surface area contributed by atoms with Crippen molar-refractivity contribution in [1.82, 2.24) is 9.38 Å². The highest BCUT2D eigenvalue weighted by atomic mass is 19.4. The SMILES string of the molecule is CCOC(=O)c1nc2c(C(F)(F)F)cccn2c1N. The highest BCUT2D eigenvalue weighted by Gasteiger charge is 2.35. The number of halogens is 3.